The largest absolute Gasteiger partial charge is 0.480 e. The molecule has 0 heterocycles. The summed E-state index contributed by atoms with van der Waals surface area (Å²) in [6.45, 7) is 3.29. The first-order valence-corrected chi connectivity index (χ1v) is 10.4. The third kappa shape index (κ3) is 9.30. The SMILES string of the molecule is CCCCCCCCCCCCCCC(C)(C(=O)O)S(=O)(=O)O. The van der Waals surface area contributed by atoms with Gasteiger partial charge >= 0.3 is 5.97 Å². The van der Waals surface area contributed by atoms with Crippen LogP contribution in [0.25, 0.3) is 0 Å². The molecule has 6 heteroatoms. The molecule has 0 aliphatic heterocycles. The molecule has 0 fully saturated rings. The van der Waals surface area contributed by atoms with Crippen LogP contribution < -0.4 is 0 Å². The molecule has 0 spiro atoms. The van der Waals surface area contributed by atoms with Gasteiger partial charge in [-0.25, -0.2) is 0 Å². The van der Waals surface area contributed by atoms with E-state index >= 15 is 0 Å². The third-order valence-electron chi connectivity index (χ3n) is 4.53. The Balaban J connectivity index is 3.64. The maximum atomic E-state index is 11.2. The van der Waals surface area contributed by atoms with Crippen molar-refractivity contribution in [3.63, 3.8) is 0 Å². The molecule has 0 aliphatic carbocycles. The van der Waals surface area contributed by atoms with Crippen LogP contribution in [0.3, 0.4) is 0 Å². The molecule has 0 radical (unpaired) electrons. The van der Waals surface area contributed by atoms with E-state index < -0.39 is 20.8 Å². The molecule has 0 aromatic carbocycles. The molecule has 1 unspecified atom stereocenters. The highest BCUT2D eigenvalue weighted by Gasteiger charge is 2.45. The second-order valence-electron chi connectivity index (χ2n) is 6.65. The molecule has 0 aromatic rings. The molecule has 0 rings (SSSR count). The van der Waals surface area contributed by atoms with E-state index in [9.17, 15) is 13.2 Å². The molecule has 0 aromatic heterocycles. The van der Waals surface area contributed by atoms with E-state index in [1.54, 1.807) is 0 Å². The standard InChI is InChI=1S/C17H34O5S/c1-3-4-5-6-7-8-9-10-11-12-13-14-15-17(2,16(18)19)23(20,21)22/h3-15H2,1-2H3,(H,18,19)(H,20,21,22). The molecule has 138 valence electrons. The fraction of sp³-hybridized carbons (Fsp3) is 0.941. The van der Waals surface area contributed by atoms with E-state index in [-0.39, 0.29) is 6.42 Å². The summed E-state index contributed by atoms with van der Waals surface area (Å²) >= 11 is 0. The summed E-state index contributed by atoms with van der Waals surface area (Å²) in [5, 5.41) is 9.01. The summed E-state index contributed by atoms with van der Waals surface area (Å²) in [7, 11) is -4.58. The molecule has 1 atom stereocenters. The summed E-state index contributed by atoms with van der Waals surface area (Å²) < 4.78 is 29.4. The summed E-state index contributed by atoms with van der Waals surface area (Å²) in [6.07, 6.45) is 13.6. The first-order valence-electron chi connectivity index (χ1n) is 8.96. The van der Waals surface area contributed by atoms with Gasteiger partial charge in [-0.05, 0) is 13.3 Å². The van der Waals surface area contributed by atoms with Crippen LogP contribution >= 0.6 is 0 Å². The Kier molecular flexibility index (Phi) is 11.5. The molecule has 23 heavy (non-hydrogen) atoms. The quantitative estimate of drug-likeness (QED) is 0.327. The van der Waals surface area contributed by atoms with Crippen molar-refractivity contribution in [1.29, 1.82) is 0 Å². The lowest BCUT2D eigenvalue weighted by molar-refractivity contribution is -0.140. The van der Waals surface area contributed by atoms with Crippen molar-refractivity contribution >= 4 is 16.1 Å². The van der Waals surface area contributed by atoms with Crippen molar-refractivity contribution < 1.29 is 22.9 Å². The Morgan fingerprint density at radius 1 is 0.826 bits per heavy atom. The van der Waals surface area contributed by atoms with Crippen LogP contribution in [0.5, 0.6) is 0 Å². The minimum Gasteiger partial charge on any atom is -0.480 e. The Bertz CT molecular complexity index is 419. The number of hydrogen-bond donors (Lipinski definition) is 2. The average molecular weight is 351 g/mol. The number of carboxylic acids is 1. The topological polar surface area (TPSA) is 91.7 Å². The third-order valence-corrected chi connectivity index (χ3v) is 6.05. The van der Waals surface area contributed by atoms with Crippen molar-refractivity contribution in [2.45, 2.75) is 102 Å². The van der Waals surface area contributed by atoms with E-state index in [4.69, 9.17) is 9.66 Å². The summed E-state index contributed by atoms with van der Waals surface area (Å²) in [6, 6.07) is 0. The predicted octanol–water partition coefficient (Wildman–Crippen LogP) is 4.81. The number of carbonyl (C=O) groups is 1. The minimum atomic E-state index is -4.58. The number of rotatable bonds is 15. The molecule has 0 bridgehead atoms. The summed E-state index contributed by atoms with van der Waals surface area (Å²) in [4.78, 5) is 11.1. The van der Waals surface area contributed by atoms with E-state index in [2.05, 4.69) is 6.92 Å². The molecule has 2 N–H and O–H groups in total. The molecule has 0 saturated carbocycles. The first-order chi connectivity index (χ1) is 10.8. The Morgan fingerprint density at radius 3 is 1.48 bits per heavy atom. The lowest BCUT2D eigenvalue weighted by atomic mass is 10.0. The fourth-order valence-electron chi connectivity index (χ4n) is 2.65. The Morgan fingerprint density at radius 2 is 1.17 bits per heavy atom. The van der Waals surface area contributed by atoms with E-state index in [0.717, 1.165) is 26.2 Å². The molecule has 5 nitrogen and oxygen atoms in total. The van der Waals surface area contributed by atoms with Crippen LogP contribution in [0.15, 0.2) is 0 Å². The van der Waals surface area contributed by atoms with Crippen LogP contribution in [0.2, 0.25) is 0 Å². The number of aliphatic carboxylic acids is 1. The number of unbranched alkanes of at least 4 members (excludes halogenated alkanes) is 11. The van der Waals surface area contributed by atoms with Crippen LogP contribution in [-0.2, 0) is 14.9 Å². The normalized spacial score (nSPS) is 14.6. The predicted molar refractivity (Wildman–Crippen MR) is 93.3 cm³/mol. The molecular formula is C17H34O5S. The van der Waals surface area contributed by atoms with Crippen molar-refractivity contribution in [3.05, 3.63) is 0 Å². The Hall–Kier alpha value is -0.620. The zero-order chi connectivity index (χ0) is 17.8. The zero-order valence-electron chi connectivity index (χ0n) is 14.7. The van der Waals surface area contributed by atoms with Gasteiger partial charge in [0.2, 0.25) is 0 Å². The summed E-state index contributed by atoms with van der Waals surface area (Å²) in [5.74, 6) is -1.48. The maximum absolute atomic E-state index is 11.2. The van der Waals surface area contributed by atoms with Crippen LogP contribution in [0, 0.1) is 0 Å². The number of carboxylic acid groups (broad SMARTS) is 1. The maximum Gasteiger partial charge on any atom is 0.327 e. The lowest BCUT2D eigenvalue weighted by Crippen LogP contribution is -2.43. The van der Waals surface area contributed by atoms with Crippen molar-refractivity contribution in [2.75, 3.05) is 0 Å². The Labute approximate surface area is 141 Å². The molecule has 0 saturated heterocycles. The van der Waals surface area contributed by atoms with Gasteiger partial charge < -0.3 is 5.11 Å². The van der Waals surface area contributed by atoms with Gasteiger partial charge in [0.25, 0.3) is 10.1 Å². The van der Waals surface area contributed by atoms with Crippen LogP contribution in [0.1, 0.15) is 97.3 Å². The summed E-state index contributed by atoms with van der Waals surface area (Å²) in [5.41, 5.74) is 0. The molecule has 0 amide bonds. The number of hydrogen-bond acceptors (Lipinski definition) is 3. The first kappa shape index (κ1) is 22.4. The fourth-order valence-corrected chi connectivity index (χ4v) is 3.27. The highest BCUT2D eigenvalue weighted by atomic mass is 32.2. The van der Waals surface area contributed by atoms with E-state index in [1.165, 1.54) is 51.4 Å². The molecular weight excluding hydrogens is 316 g/mol. The van der Waals surface area contributed by atoms with Crippen LogP contribution in [0.4, 0.5) is 0 Å². The highest BCUT2D eigenvalue weighted by molar-refractivity contribution is 7.88. The van der Waals surface area contributed by atoms with Crippen molar-refractivity contribution in [3.8, 4) is 0 Å². The van der Waals surface area contributed by atoms with Crippen molar-refractivity contribution in [2.24, 2.45) is 0 Å². The minimum absolute atomic E-state index is 0.0431. The zero-order valence-corrected chi connectivity index (χ0v) is 15.5. The highest BCUT2D eigenvalue weighted by Crippen LogP contribution is 2.24. The van der Waals surface area contributed by atoms with Gasteiger partial charge in [-0.3, -0.25) is 9.35 Å². The van der Waals surface area contributed by atoms with Gasteiger partial charge in [0.15, 0.2) is 4.75 Å². The van der Waals surface area contributed by atoms with E-state index in [0.29, 0.717) is 6.42 Å². The van der Waals surface area contributed by atoms with Gasteiger partial charge in [-0.1, -0.05) is 84.0 Å². The van der Waals surface area contributed by atoms with Gasteiger partial charge in [0, 0.05) is 0 Å². The van der Waals surface area contributed by atoms with Gasteiger partial charge in [0.1, 0.15) is 0 Å². The van der Waals surface area contributed by atoms with E-state index in [1.807, 2.05) is 0 Å². The molecule has 0 aliphatic rings. The smallest absolute Gasteiger partial charge is 0.327 e. The van der Waals surface area contributed by atoms with Gasteiger partial charge in [0.05, 0.1) is 0 Å². The second-order valence-corrected chi connectivity index (χ2v) is 8.50. The lowest BCUT2D eigenvalue weighted by Gasteiger charge is -2.20. The van der Waals surface area contributed by atoms with Gasteiger partial charge in [-0.15, -0.1) is 0 Å². The second kappa shape index (κ2) is 11.8. The average Bonchev–Trinajstić information content (AvgIpc) is 2.46. The van der Waals surface area contributed by atoms with Gasteiger partial charge in [-0.2, -0.15) is 8.42 Å². The monoisotopic (exact) mass is 350 g/mol. The van der Waals surface area contributed by atoms with Crippen LogP contribution in [-0.4, -0.2) is 28.8 Å². The van der Waals surface area contributed by atoms with Crippen molar-refractivity contribution in [1.82, 2.24) is 0 Å².